The van der Waals surface area contributed by atoms with E-state index in [-0.39, 0.29) is 5.91 Å². The van der Waals surface area contributed by atoms with Crippen molar-refractivity contribution in [2.24, 2.45) is 0 Å². The Bertz CT molecular complexity index is 501. The number of benzene rings is 1. The second-order valence-electron chi connectivity index (χ2n) is 5.18. The van der Waals surface area contributed by atoms with Gasteiger partial charge in [-0.3, -0.25) is 4.79 Å². The van der Waals surface area contributed by atoms with Gasteiger partial charge in [-0.15, -0.1) is 0 Å². The summed E-state index contributed by atoms with van der Waals surface area (Å²) in [5.74, 6) is 1.12. The molecule has 1 aromatic rings. The smallest absolute Gasteiger partial charge is 0.246 e. The summed E-state index contributed by atoms with van der Waals surface area (Å²) in [6.07, 6.45) is 8.10. The second-order valence-corrected chi connectivity index (χ2v) is 5.18. The molecular formula is C16H19NO2. The van der Waals surface area contributed by atoms with E-state index in [0.717, 1.165) is 50.3 Å². The van der Waals surface area contributed by atoms with E-state index in [4.69, 9.17) is 4.74 Å². The number of likely N-dealkylation sites (tertiary alicyclic amines) is 1. The van der Waals surface area contributed by atoms with Gasteiger partial charge in [-0.2, -0.15) is 0 Å². The Morgan fingerprint density at radius 2 is 2.05 bits per heavy atom. The second kappa shape index (κ2) is 5.47. The van der Waals surface area contributed by atoms with Gasteiger partial charge in [-0.05, 0) is 48.6 Å². The zero-order chi connectivity index (χ0) is 13.1. The Hall–Kier alpha value is -1.77. The van der Waals surface area contributed by atoms with Crippen molar-refractivity contribution in [3.8, 4) is 5.75 Å². The zero-order valence-electron chi connectivity index (χ0n) is 11.1. The van der Waals surface area contributed by atoms with Gasteiger partial charge in [0.1, 0.15) is 5.75 Å². The summed E-state index contributed by atoms with van der Waals surface area (Å²) < 4.78 is 5.47. The summed E-state index contributed by atoms with van der Waals surface area (Å²) >= 11 is 0. The minimum Gasteiger partial charge on any atom is -0.493 e. The monoisotopic (exact) mass is 257 g/mol. The summed E-state index contributed by atoms with van der Waals surface area (Å²) in [5.41, 5.74) is 2.32. The van der Waals surface area contributed by atoms with Crippen LogP contribution in [0, 0.1) is 0 Å². The van der Waals surface area contributed by atoms with E-state index in [9.17, 15) is 4.79 Å². The fourth-order valence-electron chi connectivity index (χ4n) is 2.70. The van der Waals surface area contributed by atoms with Gasteiger partial charge < -0.3 is 9.64 Å². The molecule has 1 amide bonds. The predicted molar refractivity (Wildman–Crippen MR) is 75.1 cm³/mol. The third-order valence-electron chi connectivity index (χ3n) is 3.80. The van der Waals surface area contributed by atoms with Gasteiger partial charge in [0.05, 0.1) is 6.61 Å². The average Bonchev–Trinajstić information content (AvgIpc) is 2.93. The molecule has 0 radical (unpaired) electrons. The lowest BCUT2D eigenvalue weighted by Gasteiger charge is -2.25. The molecule has 0 aliphatic carbocycles. The van der Waals surface area contributed by atoms with Gasteiger partial charge in [0, 0.05) is 25.6 Å². The first-order chi connectivity index (χ1) is 9.33. The third-order valence-corrected chi connectivity index (χ3v) is 3.80. The highest BCUT2D eigenvalue weighted by molar-refractivity contribution is 5.91. The molecule has 2 aliphatic rings. The highest BCUT2D eigenvalue weighted by Gasteiger charge is 2.14. The number of carbonyl (C=O) groups excluding carboxylic acids is 1. The molecular weight excluding hydrogens is 238 g/mol. The van der Waals surface area contributed by atoms with Crippen molar-refractivity contribution in [3.63, 3.8) is 0 Å². The Balaban J connectivity index is 1.66. The van der Waals surface area contributed by atoms with Crippen LogP contribution in [0.5, 0.6) is 5.75 Å². The first-order valence-corrected chi connectivity index (χ1v) is 7.06. The van der Waals surface area contributed by atoms with E-state index in [2.05, 4.69) is 6.07 Å². The number of amides is 1. The Morgan fingerprint density at radius 1 is 1.21 bits per heavy atom. The van der Waals surface area contributed by atoms with E-state index in [1.807, 2.05) is 23.1 Å². The van der Waals surface area contributed by atoms with E-state index in [1.54, 1.807) is 6.08 Å². The third kappa shape index (κ3) is 2.80. The highest BCUT2D eigenvalue weighted by Crippen LogP contribution is 2.26. The number of fused-ring (bicyclic) bond motifs is 1. The number of piperidine rings is 1. The van der Waals surface area contributed by atoms with Crippen molar-refractivity contribution in [2.45, 2.75) is 25.7 Å². The molecule has 0 aromatic heterocycles. The summed E-state index contributed by atoms with van der Waals surface area (Å²) in [6, 6.07) is 6.11. The Labute approximate surface area is 113 Å². The molecule has 1 saturated heterocycles. The SMILES string of the molecule is O=C(/C=C/c1ccc2c(c1)CCO2)N1CCCCC1. The van der Waals surface area contributed by atoms with Crippen LogP contribution in [0.4, 0.5) is 0 Å². The van der Waals surface area contributed by atoms with Crippen LogP contribution in [0.1, 0.15) is 30.4 Å². The molecule has 2 heterocycles. The van der Waals surface area contributed by atoms with Gasteiger partial charge in [0.15, 0.2) is 0 Å². The van der Waals surface area contributed by atoms with Crippen LogP contribution < -0.4 is 4.74 Å². The lowest BCUT2D eigenvalue weighted by Crippen LogP contribution is -2.34. The molecule has 0 bridgehead atoms. The predicted octanol–water partition coefficient (Wildman–Crippen LogP) is 2.65. The van der Waals surface area contributed by atoms with Gasteiger partial charge >= 0.3 is 0 Å². The van der Waals surface area contributed by atoms with Crippen molar-refractivity contribution in [3.05, 3.63) is 35.4 Å². The number of hydrogen-bond donors (Lipinski definition) is 0. The number of ether oxygens (including phenoxy) is 1. The topological polar surface area (TPSA) is 29.5 Å². The molecule has 0 spiro atoms. The lowest BCUT2D eigenvalue weighted by molar-refractivity contribution is -0.126. The van der Waals surface area contributed by atoms with Crippen molar-refractivity contribution >= 4 is 12.0 Å². The Kier molecular flexibility index (Phi) is 3.53. The maximum absolute atomic E-state index is 12.0. The van der Waals surface area contributed by atoms with E-state index >= 15 is 0 Å². The summed E-state index contributed by atoms with van der Waals surface area (Å²) in [5, 5.41) is 0. The molecule has 100 valence electrons. The van der Waals surface area contributed by atoms with Crippen LogP contribution in [0.2, 0.25) is 0 Å². The molecule has 2 aliphatic heterocycles. The summed E-state index contributed by atoms with van der Waals surface area (Å²) in [7, 11) is 0. The first-order valence-electron chi connectivity index (χ1n) is 7.06. The number of rotatable bonds is 2. The van der Waals surface area contributed by atoms with E-state index < -0.39 is 0 Å². The van der Waals surface area contributed by atoms with E-state index in [0.29, 0.717) is 0 Å². The number of carbonyl (C=O) groups is 1. The highest BCUT2D eigenvalue weighted by atomic mass is 16.5. The first kappa shape index (κ1) is 12.3. The van der Waals surface area contributed by atoms with Gasteiger partial charge in [0.25, 0.3) is 0 Å². The van der Waals surface area contributed by atoms with Gasteiger partial charge in [-0.25, -0.2) is 0 Å². The quantitative estimate of drug-likeness (QED) is 0.762. The largest absolute Gasteiger partial charge is 0.493 e. The fourth-order valence-corrected chi connectivity index (χ4v) is 2.70. The standard InChI is InChI=1S/C16H19NO2/c18-16(17-9-2-1-3-10-17)7-5-13-4-6-15-14(12-13)8-11-19-15/h4-7,12H,1-3,8-11H2/b7-5+. The molecule has 0 saturated carbocycles. The lowest BCUT2D eigenvalue weighted by atomic mass is 10.1. The molecule has 0 atom stereocenters. The van der Waals surface area contributed by atoms with Crippen LogP contribution in [0.3, 0.4) is 0 Å². The minimum atomic E-state index is 0.136. The molecule has 3 nitrogen and oxygen atoms in total. The normalized spacial score (nSPS) is 18.4. The van der Waals surface area contributed by atoms with Crippen molar-refractivity contribution < 1.29 is 9.53 Å². The van der Waals surface area contributed by atoms with Crippen LogP contribution in [-0.4, -0.2) is 30.5 Å². The number of nitrogens with zero attached hydrogens (tertiary/aromatic N) is 1. The molecule has 19 heavy (non-hydrogen) atoms. The summed E-state index contributed by atoms with van der Waals surface area (Å²) in [4.78, 5) is 14.0. The number of hydrogen-bond acceptors (Lipinski definition) is 2. The van der Waals surface area contributed by atoms with Gasteiger partial charge in [-0.1, -0.05) is 6.07 Å². The van der Waals surface area contributed by atoms with Crippen LogP contribution >= 0.6 is 0 Å². The van der Waals surface area contributed by atoms with Crippen LogP contribution in [0.15, 0.2) is 24.3 Å². The minimum absolute atomic E-state index is 0.136. The molecule has 0 unspecified atom stereocenters. The van der Waals surface area contributed by atoms with Crippen LogP contribution in [0.25, 0.3) is 6.08 Å². The summed E-state index contributed by atoms with van der Waals surface area (Å²) in [6.45, 7) is 2.58. The van der Waals surface area contributed by atoms with E-state index in [1.165, 1.54) is 12.0 Å². The molecule has 1 aromatic carbocycles. The molecule has 1 fully saturated rings. The molecule has 3 rings (SSSR count). The van der Waals surface area contributed by atoms with Crippen LogP contribution in [-0.2, 0) is 11.2 Å². The zero-order valence-corrected chi connectivity index (χ0v) is 11.1. The molecule has 3 heteroatoms. The van der Waals surface area contributed by atoms with Crippen molar-refractivity contribution in [2.75, 3.05) is 19.7 Å². The molecule has 0 N–H and O–H groups in total. The average molecular weight is 257 g/mol. The van der Waals surface area contributed by atoms with Gasteiger partial charge in [0.2, 0.25) is 5.91 Å². The fraction of sp³-hybridized carbons (Fsp3) is 0.438. The van der Waals surface area contributed by atoms with Crippen molar-refractivity contribution in [1.82, 2.24) is 4.90 Å². The van der Waals surface area contributed by atoms with Crippen molar-refractivity contribution in [1.29, 1.82) is 0 Å². The Morgan fingerprint density at radius 3 is 2.89 bits per heavy atom. The maximum atomic E-state index is 12.0. The maximum Gasteiger partial charge on any atom is 0.246 e.